The van der Waals surface area contributed by atoms with Gasteiger partial charge in [0.1, 0.15) is 5.76 Å². The number of hydrogen-bond acceptors (Lipinski definition) is 5. The highest BCUT2D eigenvalue weighted by Crippen LogP contribution is 2.19. The molecule has 22 heavy (non-hydrogen) atoms. The summed E-state index contributed by atoms with van der Waals surface area (Å²) in [5, 5.41) is 11.0. The maximum Gasteiger partial charge on any atom is 0.252 e. The van der Waals surface area contributed by atoms with Crippen LogP contribution in [-0.2, 0) is 6.54 Å². The molecule has 2 aromatic heterocycles. The van der Waals surface area contributed by atoms with Crippen molar-refractivity contribution in [3.05, 3.63) is 39.4 Å². The summed E-state index contributed by atoms with van der Waals surface area (Å²) in [5.74, 6) is 0.923. The minimum atomic E-state index is 0.0328. The third-order valence-electron chi connectivity index (χ3n) is 4.19. The largest absolute Gasteiger partial charge is 0.361 e. The first-order valence-corrected chi connectivity index (χ1v) is 8.55. The van der Waals surface area contributed by atoms with Crippen LogP contribution < -0.4 is 5.32 Å². The summed E-state index contributed by atoms with van der Waals surface area (Å²) in [6, 6.07) is 2.08. The Bertz CT molecular complexity index is 616. The summed E-state index contributed by atoms with van der Waals surface area (Å²) >= 11 is 1.55. The number of piperidine rings is 1. The first-order chi connectivity index (χ1) is 10.6. The lowest BCUT2D eigenvalue weighted by atomic mass is 10.0. The fourth-order valence-electron chi connectivity index (χ4n) is 2.93. The van der Waals surface area contributed by atoms with Gasteiger partial charge in [0.25, 0.3) is 5.91 Å². The molecule has 0 aliphatic carbocycles. The number of carbonyl (C=O) groups is 1. The van der Waals surface area contributed by atoms with Crippen molar-refractivity contribution in [1.82, 2.24) is 15.4 Å². The summed E-state index contributed by atoms with van der Waals surface area (Å²) in [4.78, 5) is 14.5. The van der Waals surface area contributed by atoms with E-state index in [4.69, 9.17) is 4.52 Å². The average molecular weight is 319 g/mol. The molecule has 3 rings (SSSR count). The van der Waals surface area contributed by atoms with E-state index in [0.29, 0.717) is 0 Å². The molecular formula is C16H21N3O2S. The van der Waals surface area contributed by atoms with Gasteiger partial charge in [-0.15, -0.1) is 0 Å². The van der Waals surface area contributed by atoms with Crippen LogP contribution in [0.4, 0.5) is 0 Å². The Kier molecular flexibility index (Phi) is 4.59. The molecule has 1 saturated heterocycles. The van der Waals surface area contributed by atoms with Gasteiger partial charge in [0.15, 0.2) is 0 Å². The standard InChI is InChI=1S/C16H21N3O2S/c1-11-15(12(2)21-18-11)9-19-6-3-4-14(8-19)17-16(20)13-5-7-22-10-13/h5,7,10,14H,3-4,6,8-9H2,1-2H3,(H,17,20). The van der Waals surface area contributed by atoms with Gasteiger partial charge in [-0.05, 0) is 44.7 Å². The second-order valence-electron chi connectivity index (χ2n) is 5.86. The second kappa shape index (κ2) is 6.62. The first-order valence-electron chi connectivity index (χ1n) is 7.60. The van der Waals surface area contributed by atoms with Gasteiger partial charge in [-0.25, -0.2) is 0 Å². The lowest BCUT2D eigenvalue weighted by molar-refractivity contribution is 0.0901. The van der Waals surface area contributed by atoms with Gasteiger partial charge < -0.3 is 9.84 Å². The van der Waals surface area contributed by atoms with E-state index in [9.17, 15) is 4.79 Å². The molecule has 0 bridgehead atoms. The molecule has 0 aromatic carbocycles. The molecule has 1 aliphatic rings. The molecule has 1 atom stereocenters. The van der Waals surface area contributed by atoms with E-state index in [-0.39, 0.29) is 11.9 Å². The van der Waals surface area contributed by atoms with Crippen molar-refractivity contribution in [3.63, 3.8) is 0 Å². The van der Waals surface area contributed by atoms with E-state index in [1.807, 2.05) is 30.7 Å². The molecule has 2 aromatic rings. The van der Waals surface area contributed by atoms with Crippen molar-refractivity contribution in [1.29, 1.82) is 0 Å². The molecule has 3 heterocycles. The van der Waals surface area contributed by atoms with E-state index >= 15 is 0 Å². The molecule has 1 fully saturated rings. The summed E-state index contributed by atoms with van der Waals surface area (Å²) in [6.45, 7) is 6.70. The molecule has 1 aliphatic heterocycles. The fraction of sp³-hybridized carbons (Fsp3) is 0.500. The van der Waals surface area contributed by atoms with Gasteiger partial charge in [-0.3, -0.25) is 9.69 Å². The Morgan fingerprint density at radius 1 is 1.55 bits per heavy atom. The second-order valence-corrected chi connectivity index (χ2v) is 6.64. The highest BCUT2D eigenvalue weighted by Gasteiger charge is 2.23. The van der Waals surface area contributed by atoms with E-state index < -0.39 is 0 Å². The monoisotopic (exact) mass is 319 g/mol. The lowest BCUT2D eigenvalue weighted by Gasteiger charge is -2.33. The topological polar surface area (TPSA) is 58.4 Å². The third-order valence-corrected chi connectivity index (χ3v) is 4.87. The molecule has 1 N–H and O–H groups in total. The van der Waals surface area contributed by atoms with Gasteiger partial charge >= 0.3 is 0 Å². The van der Waals surface area contributed by atoms with E-state index in [1.165, 1.54) is 5.56 Å². The molecule has 0 saturated carbocycles. The number of nitrogens with one attached hydrogen (secondary N) is 1. The predicted molar refractivity (Wildman–Crippen MR) is 86.1 cm³/mol. The number of amides is 1. The van der Waals surface area contributed by atoms with Crippen LogP contribution in [0.5, 0.6) is 0 Å². The Morgan fingerprint density at radius 2 is 2.41 bits per heavy atom. The number of hydrogen-bond donors (Lipinski definition) is 1. The molecular weight excluding hydrogens is 298 g/mol. The minimum Gasteiger partial charge on any atom is -0.361 e. The van der Waals surface area contributed by atoms with Crippen molar-refractivity contribution in [2.45, 2.75) is 39.3 Å². The fourth-order valence-corrected chi connectivity index (χ4v) is 3.57. The Labute approximate surface area is 134 Å². The number of likely N-dealkylation sites (tertiary alicyclic amines) is 1. The number of thiophene rings is 1. The van der Waals surface area contributed by atoms with Crippen LogP contribution in [-0.4, -0.2) is 35.1 Å². The van der Waals surface area contributed by atoms with Crippen LogP contribution in [0.3, 0.4) is 0 Å². The Balaban J connectivity index is 1.59. The predicted octanol–water partition coefficient (Wildman–Crippen LogP) is 2.75. The molecule has 5 nitrogen and oxygen atoms in total. The van der Waals surface area contributed by atoms with Crippen LogP contribution in [0, 0.1) is 13.8 Å². The molecule has 1 amide bonds. The molecule has 0 radical (unpaired) electrons. The van der Waals surface area contributed by atoms with Crippen molar-refractivity contribution >= 4 is 17.2 Å². The summed E-state index contributed by atoms with van der Waals surface area (Å²) in [5.41, 5.74) is 2.89. The minimum absolute atomic E-state index is 0.0328. The molecule has 6 heteroatoms. The quantitative estimate of drug-likeness (QED) is 0.941. The zero-order valence-corrected chi connectivity index (χ0v) is 13.8. The van der Waals surface area contributed by atoms with E-state index in [1.54, 1.807) is 11.3 Å². The number of nitrogens with zero attached hydrogens (tertiary/aromatic N) is 2. The van der Waals surface area contributed by atoms with Crippen LogP contribution in [0.25, 0.3) is 0 Å². The highest BCUT2D eigenvalue weighted by molar-refractivity contribution is 7.08. The van der Waals surface area contributed by atoms with Crippen LogP contribution in [0.2, 0.25) is 0 Å². The third kappa shape index (κ3) is 3.39. The van der Waals surface area contributed by atoms with Crippen LogP contribution >= 0.6 is 11.3 Å². The number of aryl methyl sites for hydroxylation is 2. The summed E-state index contributed by atoms with van der Waals surface area (Å²) < 4.78 is 5.23. The number of carbonyl (C=O) groups excluding carboxylic acids is 1. The zero-order chi connectivity index (χ0) is 15.5. The van der Waals surface area contributed by atoms with Crippen molar-refractivity contribution in [2.24, 2.45) is 0 Å². The van der Waals surface area contributed by atoms with Crippen LogP contribution in [0.1, 0.15) is 40.2 Å². The van der Waals surface area contributed by atoms with E-state index in [0.717, 1.165) is 49.5 Å². The maximum absolute atomic E-state index is 12.2. The van der Waals surface area contributed by atoms with E-state index in [2.05, 4.69) is 15.4 Å². The van der Waals surface area contributed by atoms with Gasteiger partial charge in [0.2, 0.25) is 0 Å². The van der Waals surface area contributed by atoms with Crippen molar-refractivity contribution in [2.75, 3.05) is 13.1 Å². The lowest BCUT2D eigenvalue weighted by Crippen LogP contribution is -2.47. The SMILES string of the molecule is Cc1noc(C)c1CN1CCCC(NC(=O)c2ccsc2)C1. The Morgan fingerprint density at radius 3 is 3.09 bits per heavy atom. The van der Waals surface area contributed by atoms with Gasteiger partial charge in [0.05, 0.1) is 5.69 Å². The van der Waals surface area contributed by atoms with Gasteiger partial charge in [-0.2, -0.15) is 11.3 Å². The number of aromatic nitrogens is 1. The Hall–Kier alpha value is -1.66. The van der Waals surface area contributed by atoms with Crippen molar-refractivity contribution < 1.29 is 9.32 Å². The number of rotatable bonds is 4. The van der Waals surface area contributed by atoms with Crippen LogP contribution in [0.15, 0.2) is 21.3 Å². The van der Waals surface area contributed by atoms with Crippen molar-refractivity contribution in [3.8, 4) is 0 Å². The molecule has 1 unspecified atom stereocenters. The van der Waals surface area contributed by atoms with Gasteiger partial charge in [-0.1, -0.05) is 5.16 Å². The smallest absolute Gasteiger partial charge is 0.252 e. The maximum atomic E-state index is 12.2. The molecule has 118 valence electrons. The summed E-state index contributed by atoms with van der Waals surface area (Å²) in [7, 11) is 0. The highest BCUT2D eigenvalue weighted by atomic mass is 32.1. The molecule has 0 spiro atoms. The average Bonchev–Trinajstić information content (AvgIpc) is 3.13. The summed E-state index contributed by atoms with van der Waals surface area (Å²) in [6.07, 6.45) is 2.13. The van der Waals surface area contributed by atoms with Gasteiger partial charge in [0, 0.05) is 35.6 Å². The zero-order valence-electron chi connectivity index (χ0n) is 13.0. The first kappa shape index (κ1) is 15.2. The normalized spacial score (nSPS) is 19.3.